The number of aryl methyl sites for hydroxylation is 3. The Bertz CT molecular complexity index is 406. The highest BCUT2D eigenvalue weighted by atomic mass is 15.0. The molecule has 1 aromatic rings. The number of hydrogen-bond donors (Lipinski definition) is 2. The lowest BCUT2D eigenvalue weighted by molar-refractivity contribution is 0.570. The zero-order valence-electron chi connectivity index (χ0n) is 11.3. The summed E-state index contributed by atoms with van der Waals surface area (Å²) in [6, 6.07) is 4.61. The molecule has 0 unspecified atom stereocenters. The van der Waals surface area contributed by atoms with Crippen molar-refractivity contribution in [3.8, 4) is 0 Å². The summed E-state index contributed by atoms with van der Waals surface area (Å²) in [6.45, 7) is 8.56. The summed E-state index contributed by atoms with van der Waals surface area (Å²) in [5.41, 5.74) is 11.8. The van der Waals surface area contributed by atoms with Crippen LogP contribution in [0.5, 0.6) is 0 Å². The van der Waals surface area contributed by atoms with E-state index in [1.165, 1.54) is 35.1 Å². The van der Waals surface area contributed by atoms with E-state index in [9.17, 15) is 0 Å². The molecule has 94 valence electrons. The topological polar surface area (TPSA) is 38.0 Å². The molecule has 0 aromatic heterocycles. The lowest BCUT2D eigenvalue weighted by Gasteiger charge is -2.12. The van der Waals surface area contributed by atoms with Crippen LogP contribution in [0.15, 0.2) is 12.1 Å². The molecule has 0 amide bonds. The van der Waals surface area contributed by atoms with Gasteiger partial charge in [-0.05, 0) is 68.8 Å². The number of nitrogens with two attached hydrogens (primary N) is 1. The first-order valence-corrected chi connectivity index (χ1v) is 6.56. The van der Waals surface area contributed by atoms with Gasteiger partial charge in [-0.2, -0.15) is 0 Å². The highest BCUT2D eigenvalue weighted by Gasteiger charge is 2.37. The van der Waals surface area contributed by atoms with Gasteiger partial charge in [-0.3, -0.25) is 0 Å². The van der Waals surface area contributed by atoms with Crippen molar-refractivity contribution < 1.29 is 0 Å². The zero-order chi connectivity index (χ0) is 12.5. The van der Waals surface area contributed by atoms with Gasteiger partial charge in [0, 0.05) is 12.1 Å². The van der Waals surface area contributed by atoms with E-state index in [1.54, 1.807) is 0 Å². The van der Waals surface area contributed by atoms with E-state index in [1.807, 2.05) is 0 Å². The molecular weight excluding hydrogens is 208 g/mol. The Labute approximate surface area is 105 Å². The molecule has 0 radical (unpaired) electrons. The molecule has 0 saturated heterocycles. The zero-order valence-corrected chi connectivity index (χ0v) is 11.3. The molecular formula is C15H24N2. The monoisotopic (exact) mass is 232 g/mol. The van der Waals surface area contributed by atoms with Crippen molar-refractivity contribution in [1.29, 1.82) is 0 Å². The Kier molecular flexibility index (Phi) is 3.55. The van der Waals surface area contributed by atoms with Crippen molar-refractivity contribution in [1.82, 2.24) is 5.32 Å². The summed E-state index contributed by atoms with van der Waals surface area (Å²) in [6.07, 6.45) is 3.47. The molecule has 1 fully saturated rings. The fourth-order valence-corrected chi connectivity index (χ4v) is 2.19. The van der Waals surface area contributed by atoms with Crippen LogP contribution < -0.4 is 11.1 Å². The van der Waals surface area contributed by atoms with Crippen LogP contribution in [-0.4, -0.2) is 18.6 Å². The van der Waals surface area contributed by atoms with Gasteiger partial charge in [0.2, 0.25) is 0 Å². The Hall–Kier alpha value is -0.860. The number of nitrogens with one attached hydrogen (secondary N) is 1. The van der Waals surface area contributed by atoms with Gasteiger partial charge in [-0.15, -0.1) is 0 Å². The second-order valence-electron chi connectivity index (χ2n) is 5.65. The third-order valence-electron chi connectivity index (χ3n) is 3.89. The van der Waals surface area contributed by atoms with Crippen LogP contribution in [0, 0.1) is 20.8 Å². The Morgan fingerprint density at radius 1 is 1.12 bits per heavy atom. The standard InChI is InChI=1S/C15H24N2/c1-11-8-13(3)14(9-12(11)2)4-7-17-10-15(16)5-6-15/h8-9,17H,4-7,10,16H2,1-3H3. The summed E-state index contributed by atoms with van der Waals surface area (Å²) in [5.74, 6) is 0. The van der Waals surface area contributed by atoms with Crippen LogP contribution in [0.2, 0.25) is 0 Å². The van der Waals surface area contributed by atoms with Gasteiger partial charge < -0.3 is 11.1 Å². The number of benzene rings is 1. The van der Waals surface area contributed by atoms with Gasteiger partial charge >= 0.3 is 0 Å². The van der Waals surface area contributed by atoms with Crippen molar-refractivity contribution in [2.45, 2.75) is 45.6 Å². The summed E-state index contributed by atoms with van der Waals surface area (Å²) in [5, 5.41) is 3.47. The SMILES string of the molecule is Cc1cc(C)c(CCNCC2(N)CC2)cc1C. The van der Waals surface area contributed by atoms with E-state index < -0.39 is 0 Å². The van der Waals surface area contributed by atoms with Crippen molar-refractivity contribution >= 4 is 0 Å². The first-order valence-electron chi connectivity index (χ1n) is 6.56. The van der Waals surface area contributed by atoms with E-state index >= 15 is 0 Å². The highest BCUT2D eigenvalue weighted by molar-refractivity contribution is 5.36. The minimum atomic E-state index is 0.123. The minimum Gasteiger partial charge on any atom is -0.324 e. The summed E-state index contributed by atoms with van der Waals surface area (Å²) in [7, 11) is 0. The molecule has 0 atom stereocenters. The molecule has 1 aliphatic rings. The highest BCUT2D eigenvalue weighted by Crippen LogP contribution is 2.30. The van der Waals surface area contributed by atoms with Crippen molar-refractivity contribution in [2.75, 3.05) is 13.1 Å². The Morgan fingerprint density at radius 3 is 2.41 bits per heavy atom. The molecule has 2 heteroatoms. The molecule has 0 bridgehead atoms. The van der Waals surface area contributed by atoms with E-state index in [4.69, 9.17) is 5.73 Å². The number of hydrogen-bond acceptors (Lipinski definition) is 2. The van der Waals surface area contributed by atoms with Crippen LogP contribution in [0.4, 0.5) is 0 Å². The van der Waals surface area contributed by atoms with E-state index in [-0.39, 0.29) is 5.54 Å². The van der Waals surface area contributed by atoms with E-state index in [0.717, 1.165) is 19.5 Å². The van der Waals surface area contributed by atoms with Crippen LogP contribution in [0.3, 0.4) is 0 Å². The van der Waals surface area contributed by atoms with Gasteiger partial charge in [-0.1, -0.05) is 12.1 Å². The minimum absolute atomic E-state index is 0.123. The fourth-order valence-electron chi connectivity index (χ4n) is 2.19. The summed E-state index contributed by atoms with van der Waals surface area (Å²) in [4.78, 5) is 0. The maximum Gasteiger partial charge on any atom is 0.0282 e. The normalized spacial score (nSPS) is 17.2. The molecule has 17 heavy (non-hydrogen) atoms. The summed E-state index contributed by atoms with van der Waals surface area (Å²) < 4.78 is 0. The predicted molar refractivity (Wildman–Crippen MR) is 73.4 cm³/mol. The lowest BCUT2D eigenvalue weighted by Crippen LogP contribution is -2.36. The smallest absolute Gasteiger partial charge is 0.0282 e. The Morgan fingerprint density at radius 2 is 1.76 bits per heavy atom. The average molecular weight is 232 g/mol. The molecule has 2 rings (SSSR count). The predicted octanol–water partition coefficient (Wildman–Crippen LogP) is 2.24. The molecule has 2 nitrogen and oxygen atoms in total. The van der Waals surface area contributed by atoms with Crippen LogP contribution in [0.25, 0.3) is 0 Å². The van der Waals surface area contributed by atoms with Crippen molar-refractivity contribution in [3.63, 3.8) is 0 Å². The fraction of sp³-hybridized carbons (Fsp3) is 0.600. The maximum absolute atomic E-state index is 6.04. The Balaban J connectivity index is 1.84. The van der Waals surface area contributed by atoms with Gasteiger partial charge in [0.25, 0.3) is 0 Å². The van der Waals surface area contributed by atoms with Crippen LogP contribution >= 0.6 is 0 Å². The molecule has 1 aliphatic carbocycles. The molecule has 3 N–H and O–H groups in total. The lowest BCUT2D eigenvalue weighted by atomic mass is 9.99. The van der Waals surface area contributed by atoms with Gasteiger partial charge in [0.05, 0.1) is 0 Å². The second-order valence-corrected chi connectivity index (χ2v) is 5.65. The van der Waals surface area contributed by atoms with Crippen molar-refractivity contribution in [2.24, 2.45) is 5.73 Å². The first-order chi connectivity index (χ1) is 8.00. The first kappa shape index (κ1) is 12.6. The van der Waals surface area contributed by atoms with Crippen LogP contribution in [0.1, 0.15) is 35.1 Å². The van der Waals surface area contributed by atoms with E-state index in [0.29, 0.717) is 0 Å². The van der Waals surface area contributed by atoms with Crippen molar-refractivity contribution in [3.05, 3.63) is 34.4 Å². The average Bonchev–Trinajstić information content (AvgIpc) is 2.99. The maximum atomic E-state index is 6.04. The molecule has 0 heterocycles. The van der Waals surface area contributed by atoms with E-state index in [2.05, 4.69) is 38.2 Å². The van der Waals surface area contributed by atoms with Crippen LogP contribution in [-0.2, 0) is 6.42 Å². The third kappa shape index (κ3) is 3.30. The molecule has 0 aliphatic heterocycles. The quantitative estimate of drug-likeness (QED) is 0.764. The second kappa shape index (κ2) is 4.79. The third-order valence-corrected chi connectivity index (χ3v) is 3.89. The number of rotatable bonds is 5. The molecule has 0 spiro atoms. The van der Waals surface area contributed by atoms with Gasteiger partial charge in [0.15, 0.2) is 0 Å². The molecule has 1 saturated carbocycles. The largest absolute Gasteiger partial charge is 0.324 e. The summed E-state index contributed by atoms with van der Waals surface area (Å²) >= 11 is 0. The molecule has 1 aromatic carbocycles. The van der Waals surface area contributed by atoms with Gasteiger partial charge in [-0.25, -0.2) is 0 Å². The van der Waals surface area contributed by atoms with Gasteiger partial charge in [0.1, 0.15) is 0 Å².